The van der Waals surface area contributed by atoms with Crippen molar-refractivity contribution in [2.45, 2.75) is 25.9 Å². The van der Waals surface area contributed by atoms with E-state index in [2.05, 4.69) is 6.58 Å². The Labute approximate surface area is 91.2 Å². The molecule has 15 heavy (non-hydrogen) atoms. The molecule has 0 bridgehead atoms. The van der Waals surface area contributed by atoms with E-state index in [-0.39, 0.29) is 0 Å². The monoisotopic (exact) mass is 206 g/mol. The SMILES string of the molecule is C=C(CC)CC(O)COc1ccccc1. The fourth-order valence-corrected chi connectivity index (χ4v) is 1.25. The molecule has 1 rings (SSSR count). The smallest absolute Gasteiger partial charge is 0.119 e. The fraction of sp³-hybridized carbons (Fsp3) is 0.385. The summed E-state index contributed by atoms with van der Waals surface area (Å²) < 4.78 is 5.42. The Hall–Kier alpha value is -1.28. The molecule has 1 unspecified atom stereocenters. The number of aliphatic hydroxyl groups is 1. The molecule has 1 atom stereocenters. The van der Waals surface area contributed by atoms with Gasteiger partial charge in [-0.3, -0.25) is 0 Å². The van der Waals surface area contributed by atoms with Crippen molar-refractivity contribution in [3.8, 4) is 5.75 Å². The van der Waals surface area contributed by atoms with Crippen LogP contribution >= 0.6 is 0 Å². The van der Waals surface area contributed by atoms with E-state index in [1.54, 1.807) is 0 Å². The maximum atomic E-state index is 9.63. The van der Waals surface area contributed by atoms with E-state index in [0.717, 1.165) is 17.7 Å². The summed E-state index contributed by atoms with van der Waals surface area (Å²) in [5, 5.41) is 9.63. The molecule has 1 N–H and O–H groups in total. The van der Waals surface area contributed by atoms with Gasteiger partial charge in [0.15, 0.2) is 0 Å². The molecule has 0 aliphatic carbocycles. The second kappa shape index (κ2) is 6.25. The quantitative estimate of drug-likeness (QED) is 0.725. The highest BCUT2D eigenvalue weighted by molar-refractivity contribution is 5.20. The third-order valence-corrected chi connectivity index (χ3v) is 2.21. The third kappa shape index (κ3) is 4.66. The van der Waals surface area contributed by atoms with Gasteiger partial charge in [0.25, 0.3) is 0 Å². The number of aliphatic hydroxyl groups excluding tert-OH is 1. The van der Waals surface area contributed by atoms with Crippen LogP contribution in [0.25, 0.3) is 0 Å². The Balaban J connectivity index is 2.28. The molecule has 0 aliphatic heterocycles. The van der Waals surface area contributed by atoms with E-state index in [9.17, 15) is 5.11 Å². The molecule has 0 spiro atoms. The van der Waals surface area contributed by atoms with Crippen LogP contribution in [0.2, 0.25) is 0 Å². The van der Waals surface area contributed by atoms with Crippen molar-refractivity contribution in [1.82, 2.24) is 0 Å². The zero-order valence-electron chi connectivity index (χ0n) is 9.15. The zero-order chi connectivity index (χ0) is 11.1. The van der Waals surface area contributed by atoms with Gasteiger partial charge in [0.05, 0.1) is 6.10 Å². The first-order valence-corrected chi connectivity index (χ1v) is 5.25. The second-order valence-electron chi connectivity index (χ2n) is 3.59. The minimum Gasteiger partial charge on any atom is -0.491 e. The van der Waals surface area contributed by atoms with Crippen LogP contribution in [0.15, 0.2) is 42.5 Å². The van der Waals surface area contributed by atoms with Crippen molar-refractivity contribution in [2.75, 3.05) is 6.61 Å². The number of hydrogen-bond acceptors (Lipinski definition) is 2. The van der Waals surface area contributed by atoms with Gasteiger partial charge < -0.3 is 9.84 Å². The summed E-state index contributed by atoms with van der Waals surface area (Å²) in [6.45, 7) is 6.21. The van der Waals surface area contributed by atoms with Gasteiger partial charge in [-0.05, 0) is 25.0 Å². The van der Waals surface area contributed by atoms with Crippen molar-refractivity contribution in [1.29, 1.82) is 0 Å². The molecule has 0 radical (unpaired) electrons. The Morgan fingerprint density at radius 3 is 2.67 bits per heavy atom. The lowest BCUT2D eigenvalue weighted by Gasteiger charge is -2.12. The van der Waals surface area contributed by atoms with Gasteiger partial charge >= 0.3 is 0 Å². The van der Waals surface area contributed by atoms with E-state index in [4.69, 9.17) is 4.74 Å². The van der Waals surface area contributed by atoms with Crippen molar-refractivity contribution in [3.63, 3.8) is 0 Å². The average Bonchev–Trinajstić information content (AvgIpc) is 2.27. The van der Waals surface area contributed by atoms with Crippen LogP contribution < -0.4 is 4.74 Å². The molecule has 0 aliphatic rings. The minimum atomic E-state index is -0.461. The summed E-state index contributed by atoms with van der Waals surface area (Å²) in [5.41, 5.74) is 1.05. The van der Waals surface area contributed by atoms with Gasteiger partial charge in [-0.15, -0.1) is 0 Å². The standard InChI is InChI=1S/C13H18O2/c1-3-11(2)9-12(14)10-15-13-7-5-4-6-8-13/h4-8,12,14H,2-3,9-10H2,1H3. The molecule has 1 aromatic carbocycles. The van der Waals surface area contributed by atoms with E-state index >= 15 is 0 Å². The highest BCUT2D eigenvalue weighted by atomic mass is 16.5. The van der Waals surface area contributed by atoms with E-state index in [0.29, 0.717) is 13.0 Å². The van der Waals surface area contributed by atoms with Gasteiger partial charge in [-0.2, -0.15) is 0 Å². The lowest BCUT2D eigenvalue weighted by molar-refractivity contribution is 0.107. The van der Waals surface area contributed by atoms with Gasteiger partial charge in [0.1, 0.15) is 12.4 Å². The molecule has 0 saturated heterocycles. The average molecular weight is 206 g/mol. The van der Waals surface area contributed by atoms with E-state index in [1.165, 1.54) is 0 Å². The predicted molar refractivity (Wildman–Crippen MR) is 62.0 cm³/mol. The van der Waals surface area contributed by atoms with Crippen LogP contribution in [0.5, 0.6) is 5.75 Å². The zero-order valence-corrected chi connectivity index (χ0v) is 9.15. The summed E-state index contributed by atoms with van der Waals surface area (Å²) in [7, 11) is 0. The van der Waals surface area contributed by atoms with E-state index < -0.39 is 6.10 Å². The summed E-state index contributed by atoms with van der Waals surface area (Å²) >= 11 is 0. The molecule has 1 aromatic rings. The Kier molecular flexibility index (Phi) is 4.91. The van der Waals surface area contributed by atoms with Crippen molar-refractivity contribution >= 4 is 0 Å². The fourth-order valence-electron chi connectivity index (χ4n) is 1.25. The third-order valence-electron chi connectivity index (χ3n) is 2.21. The molecule has 0 saturated carbocycles. The first kappa shape index (κ1) is 11.8. The lowest BCUT2D eigenvalue weighted by atomic mass is 10.1. The van der Waals surface area contributed by atoms with Crippen LogP contribution in [0.3, 0.4) is 0 Å². The Morgan fingerprint density at radius 1 is 1.40 bits per heavy atom. The summed E-state index contributed by atoms with van der Waals surface area (Å²) in [5.74, 6) is 0.790. The Bertz CT molecular complexity index is 293. The lowest BCUT2D eigenvalue weighted by Crippen LogP contribution is -2.17. The van der Waals surface area contributed by atoms with Gasteiger partial charge in [-0.1, -0.05) is 37.3 Å². The molecule has 0 heterocycles. The number of benzene rings is 1. The van der Waals surface area contributed by atoms with Crippen LogP contribution in [-0.4, -0.2) is 17.8 Å². The van der Waals surface area contributed by atoms with Crippen LogP contribution in [0.4, 0.5) is 0 Å². The largest absolute Gasteiger partial charge is 0.491 e. The van der Waals surface area contributed by atoms with Gasteiger partial charge in [0.2, 0.25) is 0 Å². The first-order chi connectivity index (χ1) is 7.22. The van der Waals surface area contributed by atoms with Crippen molar-refractivity contribution in [3.05, 3.63) is 42.5 Å². The molecule has 0 amide bonds. The maximum absolute atomic E-state index is 9.63. The van der Waals surface area contributed by atoms with Crippen LogP contribution in [-0.2, 0) is 0 Å². The second-order valence-corrected chi connectivity index (χ2v) is 3.59. The molecular formula is C13H18O2. The molecule has 2 nitrogen and oxygen atoms in total. The topological polar surface area (TPSA) is 29.5 Å². The number of ether oxygens (including phenoxy) is 1. The number of rotatable bonds is 6. The van der Waals surface area contributed by atoms with Gasteiger partial charge in [0, 0.05) is 0 Å². The first-order valence-electron chi connectivity index (χ1n) is 5.25. The molecule has 2 heteroatoms. The summed E-state index contributed by atoms with van der Waals surface area (Å²) in [6, 6.07) is 9.50. The predicted octanol–water partition coefficient (Wildman–Crippen LogP) is 2.78. The molecule has 0 aromatic heterocycles. The summed E-state index contributed by atoms with van der Waals surface area (Å²) in [6.07, 6.45) is 1.06. The minimum absolute atomic E-state index is 0.322. The van der Waals surface area contributed by atoms with Crippen LogP contribution in [0, 0.1) is 0 Å². The van der Waals surface area contributed by atoms with E-state index in [1.807, 2.05) is 37.3 Å². The highest BCUT2D eigenvalue weighted by Crippen LogP contribution is 2.11. The van der Waals surface area contributed by atoms with Gasteiger partial charge in [-0.25, -0.2) is 0 Å². The highest BCUT2D eigenvalue weighted by Gasteiger charge is 2.06. The number of hydrogen-bond donors (Lipinski definition) is 1. The van der Waals surface area contributed by atoms with Crippen molar-refractivity contribution < 1.29 is 9.84 Å². The molecular weight excluding hydrogens is 188 g/mol. The summed E-state index contributed by atoms with van der Waals surface area (Å²) in [4.78, 5) is 0. The van der Waals surface area contributed by atoms with Crippen LogP contribution in [0.1, 0.15) is 19.8 Å². The maximum Gasteiger partial charge on any atom is 0.119 e. The van der Waals surface area contributed by atoms with Crippen molar-refractivity contribution in [2.24, 2.45) is 0 Å². The number of para-hydroxylation sites is 1. The molecule has 82 valence electrons. The normalized spacial score (nSPS) is 12.1. The Morgan fingerprint density at radius 2 is 2.07 bits per heavy atom. The molecule has 0 fully saturated rings.